The summed E-state index contributed by atoms with van der Waals surface area (Å²) in [6.45, 7) is 1.74. The highest BCUT2D eigenvalue weighted by molar-refractivity contribution is 7.99. The summed E-state index contributed by atoms with van der Waals surface area (Å²) in [5, 5.41) is 4.30. The van der Waals surface area contributed by atoms with Crippen molar-refractivity contribution in [1.82, 2.24) is 14.7 Å². The first kappa shape index (κ1) is 16.4. The molecular weight excluding hydrogens is 306 g/mol. The van der Waals surface area contributed by atoms with Gasteiger partial charge in [0.1, 0.15) is 5.75 Å². The van der Waals surface area contributed by atoms with Crippen molar-refractivity contribution in [3.63, 3.8) is 0 Å². The van der Waals surface area contributed by atoms with Crippen LogP contribution >= 0.6 is 11.8 Å². The molecule has 0 atom stereocenters. The molecule has 1 aromatic heterocycles. The van der Waals surface area contributed by atoms with Gasteiger partial charge in [0.25, 0.3) is 0 Å². The molecule has 2 aromatic rings. The predicted octanol–water partition coefficient (Wildman–Crippen LogP) is 3.27. The van der Waals surface area contributed by atoms with Crippen LogP contribution in [0, 0.1) is 0 Å². The molecule has 1 fully saturated rings. The molecule has 1 aromatic carbocycles. The number of thioether (sulfide) groups is 1. The van der Waals surface area contributed by atoms with E-state index < -0.39 is 0 Å². The summed E-state index contributed by atoms with van der Waals surface area (Å²) < 4.78 is 7.45. The Hall–Kier alpha value is -1.46. The van der Waals surface area contributed by atoms with Gasteiger partial charge in [-0.2, -0.15) is 16.9 Å². The summed E-state index contributed by atoms with van der Waals surface area (Å²) in [6, 6.07) is 9.19. The third kappa shape index (κ3) is 4.30. The van der Waals surface area contributed by atoms with Crippen LogP contribution in [0.5, 0.6) is 5.75 Å². The van der Waals surface area contributed by atoms with Crippen LogP contribution in [0.25, 0.3) is 0 Å². The van der Waals surface area contributed by atoms with Crippen molar-refractivity contribution < 1.29 is 4.74 Å². The molecule has 1 aliphatic rings. The molecule has 0 radical (unpaired) electrons. The van der Waals surface area contributed by atoms with Gasteiger partial charge in [0.2, 0.25) is 0 Å². The highest BCUT2D eigenvalue weighted by Crippen LogP contribution is 2.25. The molecule has 0 amide bonds. The molecule has 4 nitrogen and oxygen atoms in total. The molecule has 2 heterocycles. The first-order valence-corrected chi connectivity index (χ1v) is 9.33. The van der Waals surface area contributed by atoms with Crippen LogP contribution in [0.1, 0.15) is 24.0 Å². The molecule has 0 spiro atoms. The fourth-order valence-corrected chi connectivity index (χ4v) is 4.25. The van der Waals surface area contributed by atoms with Gasteiger partial charge in [-0.1, -0.05) is 6.07 Å². The fourth-order valence-electron chi connectivity index (χ4n) is 3.17. The van der Waals surface area contributed by atoms with E-state index in [9.17, 15) is 0 Å². The third-order valence-corrected chi connectivity index (χ3v) is 5.53. The third-order valence-electron chi connectivity index (χ3n) is 4.48. The zero-order valence-corrected chi connectivity index (χ0v) is 14.8. The van der Waals surface area contributed by atoms with Crippen LogP contribution in [0.4, 0.5) is 0 Å². The topological polar surface area (TPSA) is 30.3 Å². The first-order valence-electron chi connectivity index (χ1n) is 8.17. The van der Waals surface area contributed by atoms with E-state index in [0.29, 0.717) is 6.04 Å². The molecule has 1 saturated heterocycles. The second-order valence-corrected chi connectivity index (χ2v) is 7.33. The number of benzene rings is 1. The van der Waals surface area contributed by atoms with Gasteiger partial charge in [0.05, 0.1) is 13.7 Å². The van der Waals surface area contributed by atoms with Crippen molar-refractivity contribution in [2.24, 2.45) is 0 Å². The summed E-state index contributed by atoms with van der Waals surface area (Å²) in [7, 11) is 3.98. The van der Waals surface area contributed by atoms with E-state index in [1.54, 1.807) is 7.11 Å². The van der Waals surface area contributed by atoms with Crippen molar-refractivity contribution in [2.45, 2.75) is 32.0 Å². The highest BCUT2D eigenvalue weighted by Gasteiger charge is 2.18. The average molecular weight is 331 g/mol. The van der Waals surface area contributed by atoms with Gasteiger partial charge in [-0.3, -0.25) is 9.58 Å². The number of hydrogen-bond acceptors (Lipinski definition) is 4. The Labute approximate surface area is 142 Å². The smallest absolute Gasteiger partial charge is 0.123 e. The molecule has 5 heteroatoms. The lowest BCUT2D eigenvalue weighted by atomic mass is 10.1. The lowest BCUT2D eigenvalue weighted by Crippen LogP contribution is -2.34. The maximum absolute atomic E-state index is 5.51. The maximum Gasteiger partial charge on any atom is 0.123 e. The second-order valence-electron chi connectivity index (χ2n) is 6.11. The number of nitrogens with zero attached hydrogens (tertiary/aromatic N) is 3. The van der Waals surface area contributed by atoms with Crippen LogP contribution in [-0.2, 0) is 13.1 Å². The lowest BCUT2D eigenvalue weighted by Gasteiger charge is -2.31. The Morgan fingerprint density at radius 3 is 2.87 bits per heavy atom. The zero-order chi connectivity index (χ0) is 16.1. The number of aromatic nitrogens is 2. The standard InChI is InChI=1S/C18H25N3OS/c1-20(17-6-10-23-11-7-17)13-15-4-5-18(22-2)16(12-15)14-21-9-3-8-19-21/h3-5,8-9,12,17H,6-7,10-11,13-14H2,1-2H3. The normalized spacial score (nSPS) is 16.0. The Bertz CT molecular complexity index is 609. The van der Waals surface area contributed by atoms with Crippen molar-refractivity contribution in [3.05, 3.63) is 47.8 Å². The number of methoxy groups -OCH3 is 1. The van der Waals surface area contributed by atoms with E-state index in [1.807, 2.05) is 23.1 Å². The minimum absolute atomic E-state index is 0.716. The van der Waals surface area contributed by atoms with E-state index in [0.717, 1.165) is 18.8 Å². The molecule has 3 rings (SSSR count). The predicted molar refractivity (Wildman–Crippen MR) is 96.1 cm³/mol. The summed E-state index contributed by atoms with van der Waals surface area (Å²) in [5.74, 6) is 3.52. The largest absolute Gasteiger partial charge is 0.496 e. The van der Waals surface area contributed by atoms with Crippen molar-refractivity contribution in [2.75, 3.05) is 25.7 Å². The Morgan fingerprint density at radius 2 is 2.17 bits per heavy atom. The Balaban J connectivity index is 1.71. The van der Waals surface area contributed by atoms with Gasteiger partial charge >= 0.3 is 0 Å². The summed E-state index contributed by atoms with van der Waals surface area (Å²) in [4.78, 5) is 2.50. The Kier molecular flexibility index (Phi) is 5.62. The quantitative estimate of drug-likeness (QED) is 0.813. The Morgan fingerprint density at radius 1 is 1.35 bits per heavy atom. The summed E-state index contributed by atoms with van der Waals surface area (Å²) in [5.41, 5.74) is 2.52. The highest BCUT2D eigenvalue weighted by atomic mass is 32.2. The van der Waals surface area contributed by atoms with Crippen LogP contribution in [0.15, 0.2) is 36.7 Å². The van der Waals surface area contributed by atoms with E-state index in [2.05, 4.69) is 47.0 Å². The molecule has 0 N–H and O–H groups in total. The molecule has 0 saturated carbocycles. The molecular formula is C18H25N3OS. The van der Waals surface area contributed by atoms with Gasteiger partial charge in [-0.15, -0.1) is 0 Å². The van der Waals surface area contributed by atoms with Crippen molar-refractivity contribution >= 4 is 11.8 Å². The summed E-state index contributed by atoms with van der Waals surface area (Å²) in [6.07, 6.45) is 6.40. The van der Waals surface area contributed by atoms with Crippen LogP contribution < -0.4 is 4.74 Å². The van der Waals surface area contributed by atoms with E-state index in [4.69, 9.17) is 4.74 Å². The van der Waals surface area contributed by atoms with Crippen LogP contribution in [-0.4, -0.2) is 46.4 Å². The molecule has 0 bridgehead atoms. The molecule has 0 aliphatic carbocycles. The van der Waals surface area contributed by atoms with Gasteiger partial charge in [-0.05, 0) is 55.2 Å². The van der Waals surface area contributed by atoms with Gasteiger partial charge in [-0.25, -0.2) is 0 Å². The minimum atomic E-state index is 0.716. The zero-order valence-electron chi connectivity index (χ0n) is 13.9. The van der Waals surface area contributed by atoms with E-state index >= 15 is 0 Å². The van der Waals surface area contributed by atoms with Gasteiger partial charge < -0.3 is 4.74 Å². The first-order chi connectivity index (χ1) is 11.3. The monoisotopic (exact) mass is 331 g/mol. The van der Waals surface area contributed by atoms with Crippen molar-refractivity contribution in [1.29, 1.82) is 0 Å². The fraction of sp³-hybridized carbons (Fsp3) is 0.500. The lowest BCUT2D eigenvalue weighted by molar-refractivity contribution is 0.221. The molecule has 1 aliphatic heterocycles. The molecule has 124 valence electrons. The molecule has 0 unspecified atom stereocenters. The number of hydrogen-bond donors (Lipinski definition) is 0. The summed E-state index contributed by atoms with van der Waals surface area (Å²) >= 11 is 2.08. The van der Waals surface area contributed by atoms with Gasteiger partial charge in [0.15, 0.2) is 0 Å². The average Bonchev–Trinajstić information content (AvgIpc) is 3.09. The SMILES string of the molecule is COc1ccc(CN(C)C2CCSCC2)cc1Cn1cccn1. The maximum atomic E-state index is 5.51. The second kappa shape index (κ2) is 7.88. The molecule has 23 heavy (non-hydrogen) atoms. The number of rotatable bonds is 6. The number of ether oxygens (including phenoxy) is 1. The minimum Gasteiger partial charge on any atom is -0.496 e. The van der Waals surface area contributed by atoms with E-state index in [-0.39, 0.29) is 0 Å². The van der Waals surface area contributed by atoms with Gasteiger partial charge in [0, 0.05) is 30.5 Å². The van der Waals surface area contributed by atoms with Crippen LogP contribution in [0.3, 0.4) is 0 Å². The van der Waals surface area contributed by atoms with E-state index in [1.165, 1.54) is 35.5 Å². The van der Waals surface area contributed by atoms with Crippen LogP contribution in [0.2, 0.25) is 0 Å². The van der Waals surface area contributed by atoms with Crippen molar-refractivity contribution in [3.8, 4) is 5.75 Å².